The zero-order valence-corrected chi connectivity index (χ0v) is 11.6. The number of hydrogen-bond acceptors (Lipinski definition) is 6. The molecule has 2 atom stereocenters. The molecule has 106 valence electrons. The average molecular weight is 293 g/mol. The molecule has 7 heteroatoms. The van der Waals surface area contributed by atoms with Crippen LogP contribution >= 0.6 is 11.3 Å². The lowest BCUT2D eigenvalue weighted by Gasteiger charge is -2.28. The van der Waals surface area contributed by atoms with Gasteiger partial charge in [0.15, 0.2) is 11.3 Å². The zero-order valence-electron chi connectivity index (χ0n) is 10.8. The SMILES string of the molecule is NC1CCCCC1Oc1ccc2scnc2c1[N+](=O)[O-]. The Labute approximate surface area is 119 Å². The van der Waals surface area contributed by atoms with Crippen LogP contribution in [0.1, 0.15) is 25.7 Å². The Morgan fingerprint density at radius 2 is 2.20 bits per heavy atom. The average Bonchev–Trinajstić information content (AvgIpc) is 2.88. The first-order valence-electron chi connectivity index (χ1n) is 6.59. The number of aromatic nitrogens is 1. The number of rotatable bonds is 3. The van der Waals surface area contributed by atoms with Crippen LogP contribution in [0.15, 0.2) is 17.6 Å². The van der Waals surface area contributed by atoms with E-state index in [2.05, 4.69) is 4.98 Å². The molecule has 0 spiro atoms. The molecule has 1 aliphatic carbocycles. The van der Waals surface area contributed by atoms with Crippen molar-refractivity contribution >= 4 is 27.2 Å². The van der Waals surface area contributed by atoms with Crippen LogP contribution in [-0.2, 0) is 0 Å². The van der Waals surface area contributed by atoms with Gasteiger partial charge in [0.05, 0.1) is 15.1 Å². The molecule has 2 unspecified atom stereocenters. The lowest BCUT2D eigenvalue weighted by molar-refractivity contribution is -0.384. The van der Waals surface area contributed by atoms with Crippen LogP contribution in [0.2, 0.25) is 0 Å². The van der Waals surface area contributed by atoms with Gasteiger partial charge in [-0.05, 0) is 31.4 Å². The van der Waals surface area contributed by atoms with E-state index in [0.717, 1.165) is 30.4 Å². The van der Waals surface area contributed by atoms with Crippen molar-refractivity contribution in [3.8, 4) is 5.75 Å². The van der Waals surface area contributed by atoms with E-state index in [9.17, 15) is 10.1 Å². The molecule has 1 aliphatic rings. The van der Waals surface area contributed by atoms with E-state index in [1.165, 1.54) is 11.3 Å². The van der Waals surface area contributed by atoms with Gasteiger partial charge < -0.3 is 10.5 Å². The Morgan fingerprint density at radius 3 is 2.95 bits per heavy atom. The maximum absolute atomic E-state index is 11.3. The van der Waals surface area contributed by atoms with E-state index in [1.54, 1.807) is 11.6 Å². The molecule has 1 aromatic heterocycles. The number of nitrogens with two attached hydrogens (primary N) is 1. The number of nitrogens with zero attached hydrogens (tertiary/aromatic N) is 2. The summed E-state index contributed by atoms with van der Waals surface area (Å²) in [5.41, 5.74) is 7.98. The Kier molecular flexibility index (Phi) is 3.54. The number of fused-ring (bicyclic) bond motifs is 1. The molecule has 20 heavy (non-hydrogen) atoms. The van der Waals surface area contributed by atoms with Gasteiger partial charge in [-0.25, -0.2) is 4.98 Å². The predicted octanol–water partition coefficient (Wildman–Crippen LogP) is 2.85. The normalized spacial score (nSPS) is 22.9. The summed E-state index contributed by atoms with van der Waals surface area (Å²) in [5.74, 6) is 0.274. The third-order valence-electron chi connectivity index (χ3n) is 3.65. The monoisotopic (exact) mass is 293 g/mol. The first kappa shape index (κ1) is 13.3. The Morgan fingerprint density at radius 1 is 1.40 bits per heavy atom. The minimum atomic E-state index is -0.425. The van der Waals surface area contributed by atoms with Crippen molar-refractivity contribution in [2.45, 2.75) is 37.8 Å². The van der Waals surface area contributed by atoms with E-state index in [1.807, 2.05) is 6.07 Å². The Bertz CT molecular complexity index is 643. The summed E-state index contributed by atoms with van der Waals surface area (Å²) < 4.78 is 6.62. The minimum Gasteiger partial charge on any atom is -0.482 e. The van der Waals surface area contributed by atoms with Crippen molar-refractivity contribution in [3.05, 3.63) is 27.8 Å². The number of benzene rings is 1. The van der Waals surface area contributed by atoms with Crippen LogP contribution < -0.4 is 10.5 Å². The van der Waals surface area contributed by atoms with E-state index in [0.29, 0.717) is 5.52 Å². The maximum atomic E-state index is 11.3. The summed E-state index contributed by atoms with van der Waals surface area (Å²) in [5, 5.41) is 11.3. The summed E-state index contributed by atoms with van der Waals surface area (Å²) in [4.78, 5) is 15.0. The molecule has 1 fully saturated rings. The van der Waals surface area contributed by atoms with Gasteiger partial charge in [-0.1, -0.05) is 6.42 Å². The molecule has 0 bridgehead atoms. The fourth-order valence-electron chi connectivity index (χ4n) is 2.60. The summed E-state index contributed by atoms with van der Waals surface area (Å²) in [6, 6.07) is 3.40. The van der Waals surface area contributed by atoms with Crippen molar-refractivity contribution in [2.24, 2.45) is 5.73 Å². The van der Waals surface area contributed by atoms with Gasteiger partial charge in [0, 0.05) is 6.04 Å². The quantitative estimate of drug-likeness (QED) is 0.694. The molecule has 0 radical (unpaired) electrons. The van der Waals surface area contributed by atoms with Crippen LogP contribution in [0.25, 0.3) is 10.2 Å². The molecule has 2 N–H and O–H groups in total. The van der Waals surface area contributed by atoms with Gasteiger partial charge in [0.2, 0.25) is 0 Å². The third-order valence-corrected chi connectivity index (χ3v) is 4.45. The molecular formula is C13H15N3O3S. The fraction of sp³-hybridized carbons (Fsp3) is 0.462. The van der Waals surface area contributed by atoms with Crippen molar-refractivity contribution in [2.75, 3.05) is 0 Å². The highest BCUT2D eigenvalue weighted by Crippen LogP contribution is 2.37. The second-order valence-electron chi connectivity index (χ2n) is 4.97. The number of thiazole rings is 1. The molecule has 0 amide bonds. The van der Waals surface area contributed by atoms with Gasteiger partial charge >= 0.3 is 5.69 Å². The molecule has 1 aromatic carbocycles. The van der Waals surface area contributed by atoms with E-state index < -0.39 is 4.92 Å². The summed E-state index contributed by atoms with van der Waals surface area (Å²) in [6.45, 7) is 0. The lowest BCUT2D eigenvalue weighted by Crippen LogP contribution is -2.41. The Hall–Kier alpha value is -1.73. The zero-order chi connectivity index (χ0) is 14.1. The van der Waals surface area contributed by atoms with E-state index >= 15 is 0 Å². The van der Waals surface area contributed by atoms with E-state index in [-0.39, 0.29) is 23.6 Å². The van der Waals surface area contributed by atoms with Gasteiger partial charge in [-0.15, -0.1) is 11.3 Å². The summed E-state index contributed by atoms with van der Waals surface area (Å²) >= 11 is 1.38. The molecular weight excluding hydrogens is 278 g/mol. The first-order chi connectivity index (χ1) is 9.66. The van der Waals surface area contributed by atoms with Crippen LogP contribution in [0.4, 0.5) is 5.69 Å². The lowest BCUT2D eigenvalue weighted by atomic mass is 9.93. The standard InChI is InChI=1S/C13H15N3O3S/c14-8-3-1-2-4-9(8)19-10-5-6-11-12(15-7-20-11)13(10)16(17)18/h5-9H,1-4,14H2. The van der Waals surface area contributed by atoms with Crippen LogP contribution in [0, 0.1) is 10.1 Å². The topological polar surface area (TPSA) is 91.3 Å². The number of hydrogen-bond donors (Lipinski definition) is 1. The number of nitro benzene ring substituents is 1. The first-order valence-corrected chi connectivity index (χ1v) is 7.47. The van der Waals surface area contributed by atoms with Crippen LogP contribution in [0.3, 0.4) is 0 Å². The second kappa shape index (κ2) is 5.34. The molecule has 1 heterocycles. The fourth-order valence-corrected chi connectivity index (χ4v) is 3.28. The molecule has 0 aliphatic heterocycles. The largest absolute Gasteiger partial charge is 0.482 e. The van der Waals surface area contributed by atoms with Crippen LogP contribution in [0.5, 0.6) is 5.75 Å². The smallest absolute Gasteiger partial charge is 0.337 e. The maximum Gasteiger partial charge on any atom is 0.337 e. The highest BCUT2D eigenvalue weighted by molar-refractivity contribution is 7.16. The van der Waals surface area contributed by atoms with Crippen molar-refractivity contribution < 1.29 is 9.66 Å². The van der Waals surface area contributed by atoms with Crippen molar-refractivity contribution in [3.63, 3.8) is 0 Å². The molecule has 2 aromatic rings. The highest BCUT2D eigenvalue weighted by Gasteiger charge is 2.28. The summed E-state index contributed by atoms with van der Waals surface area (Å²) in [6.07, 6.45) is 3.73. The molecule has 0 saturated heterocycles. The van der Waals surface area contributed by atoms with Crippen molar-refractivity contribution in [1.29, 1.82) is 0 Å². The number of nitro groups is 1. The third kappa shape index (κ3) is 2.34. The second-order valence-corrected chi connectivity index (χ2v) is 5.86. The molecule has 1 saturated carbocycles. The highest BCUT2D eigenvalue weighted by atomic mass is 32.1. The molecule has 6 nitrogen and oxygen atoms in total. The van der Waals surface area contributed by atoms with E-state index in [4.69, 9.17) is 10.5 Å². The Balaban J connectivity index is 1.97. The summed E-state index contributed by atoms with van der Waals surface area (Å²) in [7, 11) is 0. The van der Waals surface area contributed by atoms with Gasteiger partial charge in [0.1, 0.15) is 6.10 Å². The minimum absolute atomic E-state index is 0.0541. The van der Waals surface area contributed by atoms with Gasteiger partial charge in [-0.2, -0.15) is 0 Å². The van der Waals surface area contributed by atoms with Gasteiger partial charge in [-0.3, -0.25) is 10.1 Å². The van der Waals surface area contributed by atoms with Crippen molar-refractivity contribution in [1.82, 2.24) is 4.98 Å². The van der Waals surface area contributed by atoms with Gasteiger partial charge in [0.25, 0.3) is 0 Å². The molecule has 3 rings (SSSR count). The number of ether oxygens (including phenoxy) is 1. The van der Waals surface area contributed by atoms with Crippen LogP contribution in [-0.4, -0.2) is 22.1 Å². The predicted molar refractivity (Wildman–Crippen MR) is 77.1 cm³/mol.